The number of amides is 1. The summed E-state index contributed by atoms with van der Waals surface area (Å²) < 4.78 is 24.2. The summed E-state index contributed by atoms with van der Waals surface area (Å²) in [6, 6.07) is 15.3. The van der Waals surface area contributed by atoms with Crippen molar-refractivity contribution in [3.8, 4) is 0 Å². The molecule has 0 aliphatic carbocycles. The minimum atomic E-state index is -1.48. The fourth-order valence-electron chi connectivity index (χ4n) is 4.64. The highest BCUT2D eigenvalue weighted by Gasteiger charge is 2.56. The van der Waals surface area contributed by atoms with E-state index in [0.29, 0.717) is 5.76 Å². The Hall–Kier alpha value is -3.16. The number of nitrogens with one attached hydrogen (secondary N) is 1. The second kappa shape index (κ2) is 9.00. The van der Waals surface area contributed by atoms with Crippen LogP contribution in [-0.4, -0.2) is 31.0 Å². The van der Waals surface area contributed by atoms with Crippen LogP contribution in [0.3, 0.4) is 0 Å². The van der Waals surface area contributed by atoms with Crippen molar-refractivity contribution in [2.24, 2.45) is 0 Å². The maximum absolute atomic E-state index is 12.4. The number of carbonyl (C=O) groups is 2. The van der Waals surface area contributed by atoms with E-state index in [-0.39, 0.29) is 17.9 Å². The first-order chi connectivity index (χ1) is 15.7. The molecule has 1 fully saturated rings. The predicted molar refractivity (Wildman–Crippen MR) is 121 cm³/mol. The molecule has 33 heavy (non-hydrogen) atoms. The molecule has 2 heterocycles. The lowest BCUT2D eigenvalue weighted by atomic mass is 9.93. The smallest absolute Gasteiger partial charge is 0.339 e. The standard InChI is InChI=1S/C26H29NO6/c1-15-10-6-8-12-19(15)23-24(20-13-9-7-11-16(20)2)33-26(32-23)14-21(27-18(4)28)22(17(3)31-26)25(29)30-5/h6-13,21,23-24H,14H2,1-5H3,(H,27,28)/t21-,23-,24-/m0/s1. The molecular weight excluding hydrogens is 422 g/mol. The van der Waals surface area contributed by atoms with E-state index >= 15 is 0 Å². The van der Waals surface area contributed by atoms with E-state index in [0.717, 1.165) is 22.3 Å². The fourth-order valence-corrected chi connectivity index (χ4v) is 4.64. The first-order valence-corrected chi connectivity index (χ1v) is 11.0. The highest BCUT2D eigenvalue weighted by molar-refractivity contribution is 5.91. The molecule has 2 aromatic carbocycles. The molecule has 174 valence electrons. The molecule has 0 aromatic heterocycles. The van der Waals surface area contributed by atoms with E-state index in [1.807, 2.05) is 62.4 Å². The first-order valence-electron chi connectivity index (χ1n) is 11.0. The van der Waals surface area contributed by atoms with Crippen molar-refractivity contribution in [2.75, 3.05) is 7.11 Å². The average Bonchev–Trinajstić information content (AvgIpc) is 3.11. The minimum Gasteiger partial charge on any atom is -0.466 e. The van der Waals surface area contributed by atoms with E-state index in [9.17, 15) is 9.59 Å². The predicted octanol–water partition coefficient (Wildman–Crippen LogP) is 4.16. The van der Waals surface area contributed by atoms with Crippen LogP contribution in [0, 0.1) is 13.8 Å². The SMILES string of the molecule is COC(=O)C1=C(C)OC2(C[C@@H]1NC(C)=O)O[C@@H](c1ccccc1C)[C@H](c1ccccc1C)O2. The summed E-state index contributed by atoms with van der Waals surface area (Å²) in [6.07, 6.45) is -0.797. The minimum absolute atomic E-state index is 0.0963. The molecule has 2 aliphatic heterocycles. The van der Waals surface area contributed by atoms with Gasteiger partial charge in [0.2, 0.25) is 5.91 Å². The second-order valence-electron chi connectivity index (χ2n) is 8.49. The normalized spacial score (nSPS) is 23.8. The van der Waals surface area contributed by atoms with Crippen LogP contribution in [-0.2, 0) is 28.5 Å². The van der Waals surface area contributed by atoms with Crippen LogP contribution >= 0.6 is 0 Å². The summed E-state index contributed by atoms with van der Waals surface area (Å²) in [7, 11) is 1.29. The Kier molecular flexibility index (Phi) is 6.28. The van der Waals surface area contributed by atoms with Gasteiger partial charge in [0.15, 0.2) is 0 Å². The van der Waals surface area contributed by atoms with Gasteiger partial charge in [-0.05, 0) is 43.0 Å². The lowest BCUT2D eigenvalue weighted by molar-refractivity contribution is -0.336. The zero-order valence-electron chi connectivity index (χ0n) is 19.5. The van der Waals surface area contributed by atoms with Gasteiger partial charge in [0.05, 0.1) is 25.1 Å². The summed E-state index contributed by atoms with van der Waals surface area (Å²) in [4.78, 5) is 24.4. The summed E-state index contributed by atoms with van der Waals surface area (Å²) >= 11 is 0. The maximum Gasteiger partial charge on any atom is 0.339 e. The average molecular weight is 452 g/mol. The van der Waals surface area contributed by atoms with Crippen LogP contribution in [0.4, 0.5) is 0 Å². The van der Waals surface area contributed by atoms with E-state index in [1.165, 1.54) is 14.0 Å². The molecule has 0 bridgehead atoms. The van der Waals surface area contributed by atoms with Gasteiger partial charge in [-0.3, -0.25) is 4.79 Å². The summed E-state index contributed by atoms with van der Waals surface area (Å²) in [5.41, 5.74) is 4.36. The lowest BCUT2D eigenvalue weighted by Gasteiger charge is -2.37. The monoisotopic (exact) mass is 451 g/mol. The van der Waals surface area contributed by atoms with Gasteiger partial charge in [0, 0.05) is 6.92 Å². The van der Waals surface area contributed by atoms with Crippen LogP contribution in [0.5, 0.6) is 0 Å². The largest absolute Gasteiger partial charge is 0.466 e. The second-order valence-corrected chi connectivity index (χ2v) is 8.49. The van der Waals surface area contributed by atoms with Gasteiger partial charge in [-0.1, -0.05) is 48.5 Å². The third-order valence-corrected chi connectivity index (χ3v) is 6.15. The Morgan fingerprint density at radius 1 is 0.939 bits per heavy atom. The van der Waals surface area contributed by atoms with Crippen molar-refractivity contribution >= 4 is 11.9 Å². The van der Waals surface area contributed by atoms with Gasteiger partial charge in [0.25, 0.3) is 0 Å². The fraction of sp³-hybridized carbons (Fsp3) is 0.385. The molecule has 0 radical (unpaired) electrons. The number of hydrogen-bond donors (Lipinski definition) is 1. The zero-order valence-corrected chi connectivity index (χ0v) is 19.5. The number of aryl methyl sites for hydroxylation is 2. The molecular formula is C26H29NO6. The van der Waals surface area contributed by atoms with Crippen molar-refractivity contribution in [1.29, 1.82) is 0 Å². The molecule has 4 rings (SSSR count). The number of methoxy groups -OCH3 is 1. The highest BCUT2D eigenvalue weighted by atomic mass is 16.9. The number of hydrogen-bond acceptors (Lipinski definition) is 6. The Labute approximate surface area is 193 Å². The third kappa shape index (κ3) is 4.38. The van der Waals surface area contributed by atoms with Gasteiger partial charge in [0.1, 0.15) is 18.0 Å². The molecule has 0 unspecified atom stereocenters. The van der Waals surface area contributed by atoms with Crippen molar-refractivity contribution < 1.29 is 28.5 Å². The molecule has 0 saturated carbocycles. The molecule has 1 N–H and O–H groups in total. The van der Waals surface area contributed by atoms with E-state index < -0.39 is 30.2 Å². The quantitative estimate of drug-likeness (QED) is 0.703. The van der Waals surface area contributed by atoms with E-state index in [4.69, 9.17) is 18.9 Å². The van der Waals surface area contributed by atoms with Crippen LogP contribution in [0.2, 0.25) is 0 Å². The van der Waals surface area contributed by atoms with Crippen LogP contribution in [0.25, 0.3) is 0 Å². The summed E-state index contributed by atoms with van der Waals surface area (Å²) in [6.45, 7) is 7.11. The van der Waals surface area contributed by atoms with Crippen LogP contribution in [0.1, 0.15) is 54.7 Å². The zero-order chi connectivity index (χ0) is 23.8. The van der Waals surface area contributed by atoms with Gasteiger partial charge in [-0.15, -0.1) is 0 Å². The van der Waals surface area contributed by atoms with Gasteiger partial charge < -0.3 is 24.3 Å². The summed E-state index contributed by atoms with van der Waals surface area (Å²) in [5, 5.41) is 2.82. The van der Waals surface area contributed by atoms with Crippen molar-refractivity contribution in [2.45, 2.75) is 58.3 Å². The Balaban J connectivity index is 1.79. The lowest BCUT2D eigenvalue weighted by Crippen LogP contribution is -2.50. The molecule has 7 nitrogen and oxygen atoms in total. The number of rotatable bonds is 4. The molecule has 7 heteroatoms. The number of benzene rings is 2. The number of carbonyl (C=O) groups excluding carboxylic acids is 2. The summed E-state index contributed by atoms with van der Waals surface area (Å²) in [5.74, 6) is -2.03. The number of ether oxygens (including phenoxy) is 4. The maximum atomic E-state index is 12.4. The van der Waals surface area contributed by atoms with E-state index in [2.05, 4.69) is 5.32 Å². The number of allylic oxidation sites excluding steroid dienone is 1. The Morgan fingerprint density at radius 2 is 1.45 bits per heavy atom. The van der Waals surface area contributed by atoms with Gasteiger partial charge in [-0.25, -0.2) is 4.79 Å². The van der Waals surface area contributed by atoms with Crippen LogP contribution < -0.4 is 5.32 Å². The van der Waals surface area contributed by atoms with Crippen molar-refractivity contribution in [1.82, 2.24) is 5.32 Å². The molecule has 1 amide bonds. The molecule has 3 atom stereocenters. The molecule has 1 saturated heterocycles. The Bertz CT molecular complexity index is 1050. The first kappa shape index (κ1) is 23.0. The van der Waals surface area contributed by atoms with Gasteiger partial charge >= 0.3 is 11.9 Å². The third-order valence-electron chi connectivity index (χ3n) is 6.15. The number of esters is 1. The van der Waals surface area contributed by atoms with Crippen LogP contribution in [0.15, 0.2) is 59.9 Å². The molecule has 2 aliphatic rings. The Morgan fingerprint density at radius 3 is 1.91 bits per heavy atom. The van der Waals surface area contributed by atoms with E-state index in [1.54, 1.807) is 6.92 Å². The van der Waals surface area contributed by atoms with Crippen molar-refractivity contribution in [3.05, 3.63) is 82.1 Å². The topological polar surface area (TPSA) is 83.1 Å². The molecule has 2 aromatic rings. The van der Waals surface area contributed by atoms with Gasteiger partial charge in [-0.2, -0.15) is 0 Å². The van der Waals surface area contributed by atoms with Crippen molar-refractivity contribution in [3.63, 3.8) is 0 Å². The highest BCUT2D eigenvalue weighted by Crippen LogP contribution is 2.52. The molecule has 1 spiro atoms.